The highest BCUT2D eigenvalue weighted by molar-refractivity contribution is 4.79. The normalized spacial score (nSPS) is 26.5. The minimum absolute atomic E-state index is 0.300. The van der Waals surface area contributed by atoms with Gasteiger partial charge in [-0.1, -0.05) is 13.3 Å². The number of likely N-dealkylation sites (N-methyl/N-ethyl adjacent to an activating group) is 1. The van der Waals surface area contributed by atoms with Crippen LogP contribution >= 0.6 is 0 Å². The molecule has 1 fully saturated rings. The molecule has 0 amide bonds. The first kappa shape index (κ1) is 11.0. The monoisotopic (exact) mass is 186 g/mol. The van der Waals surface area contributed by atoms with E-state index in [0.717, 1.165) is 26.2 Å². The number of unbranched alkanes of at least 4 members (excludes halogenated alkanes) is 1. The minimum Gasteiger partial charge on any atom is -0.395 e. The molecule has 1 heterocycles. The molecule has 1 N–H and O–H groups in total. The van der Waals surface area contributed by atoms with Gasteiger partial charge >= 0.3 is 0 Å². The SMILES string of the molecule is CCCCN1CCN(C)CC1CO. The molecule has 1 unspecified atom stereocenters. The summed E-state index contributed by atoms with van der Waals surface area (Å²) in [5.41, 5.74) is 0. The van der Waals surface area contributed by atoms with E-state index in [1.807, 2.05) is 0 Å². The van der Waals surface area contributed by atoms with Crippen molar-refractivity contribution in [3.63, 3.8) is 0 Å². The molecule has 1 aliphatic heterocycles. The van der Waals surface area contributed by atoms with Crippen LogP contribution in [0.25, 0.3) is 0 Å². The van der Waals surface area contributed by atoms with Crippen LogP contribution in [0.1, 0.15) is 19.8 Å². The molecule has 1 saturated heterocycles. The zero-order valence-electron chi connectivity index (χ0n) is 8.87. The third kappa shape index (κ3) is 3.25. The summed E-state index contributed by atoms with van der Waals surface area (Å²) >= 11 is 0. The molecule has 0 aliphatic carbocycles. The van der Waals surface area contributed by atoms with Crippen molar-refractivity contribution in [3.8, 4) is 0 Å². The lowest BCUT2D eigenvalue weighted by Crippen LogP contribution is -2.53. The number of hydrogen-bond donors (Lipinski definition) is 1. The Hall–Kier alpha value is -0.120. The summed E-state index contributed by atoms with van der Waals surface area (Å²) in [7, 11) is 2.12. The third-order valence-electron chi connectivity index (χ3n) is 2.82. The second-order valence-electron chi connectivity index (χ2n) is 3.99. The van der Waals surface area contributed by atoms with Gasteiger partial charge in [-0.25, -0.2) is 0 Å². The molecular weight excluding hydrogens is 164 g/mol. The molecule has 3 nitrogen and oxygen atoms in total. The fraction of sp³-hybridized carbons (Fsp3) is 1.00. The predicted octanol–water partition coefficient (Wildman–Crippen LogP) is 0.395. The first-order valence-corrected chi connectivity index (χ1v) is 5.31. The molecule has 1 aliphatic rings. The largest absolute Gasteiger partial charge is 0.395 e. The lowest BCUT2D eigenvalue weighted by atomic mass is 10.1. The summed E-state index contributed by atoms with van der Waals surface area (Å²) in [6.07, 6.45) is 2.49. The molecule has 0 aromatic heterocycles. The van der Waals surface area contributed by atoms with Crippen molar-refractivity contribution in [2.24, 2.45) is 0 Å². The van der Waals surface area contributed by atoms with Crippen molar-refractivity contribution >= 4 is 0 Å². The van der Waals surface area contributed by atoms with Gasteiger partial charge in [0.05, 0.1) is 6.61 Å². The van der Waals surface area contributed by atoms with Gasteiger partial charge in [-0.3, -0.25) is 4.90 Å². The second kappa shape index (κ2) is 5.58. The number of aliphatic hydroxyl groups is 1. The van der Waals surface area contributed by atoms with E-state index in [4.69, 9.17) is 0 Å². The Morgan fingerprint density at radius 2 is 2.15 bits per heavy atom. The van der Waals surface area contributed by atoms with Crippen LogP contribution in [0.5, 0.6) is 0 Å². The van der Waals surface area contributed by atoms with Crippen molar-refractivity contribution in [3.05, 3.63) is 0 Å². The van der Waals surface area contributed by atoms with E-state index in [0.29, 0.717) is 12.6 Å². The van der Waals surface area contributed by atoms with Gasteiger partial charge < -0.3 is 10.0 Å². The summed E-state index contributed by atoms with van der Waals surface area (Å²) < 4.78 is 0. The molecule has 78 valence electrons. The number of hydrogen-bond acceptors (Lipinski definition) is 3. The quantitative estimate of drug-likeness (QED) is 0.688. The van der Waals surface area contributed by atoms with E-state index in [2.05, 4.69) is 23.8 Å². The smallest absolute Gasteiger partial charge is 0.0599 e. The van der Waals surface area contributed by atoms with E-state index < -0.39 is 0 Å². The van der Waals surface area contributed by atoms with E-state index in [1.165, 1.54) is 12.8 Å². The summed E-state index contributed by atoms with van der Waals surface area (Å²) in [5, 5.41) is 9.21. The molecule has 3 heteroatoms. The van der Waals surface area contributed by atoms with Gasteiger partial charge in [0.2, 0.25) is 0 Å². The van der Waals surface area contributed by atoms with Gasteiger partial charge in [-0.15, -0.1) is 0 Å². The topological polar surface area (TPSA) is 26.7 Å². The maximum absolute atomic E-state index is 9.21. The Balaban J connectivity index is 2.33. The summed E-state index contributed by atoms with van der Waals surface area (Å²) in [6.45, 7) is 6.93. The Labute approximate surface area is 81.3 Å². The molecule has 13 heavy (non-hydrogen) atoms. The van der Waals surface area contributed by atoms with Crippen LogP contribution < -0.4 is 0 Å². The van der Waals surface area contributed by atoms with E-state index in [-0.39, 0.29) is 0 Å². The molecule has 1 atom stereocenters. The number of aliphatic hydroxyl groups excluding tert-OH is 1. The first-order valence-electron chi connectivity index (χ1n) is 5.31. The van der Waals surface area contributed by atoms with Crippen molar-refractivity contribution < 1.29 is 5.11 Å². The number of nitrogens with zero attached hydrogens (tertiary/aromatic N) is 2. The average Bonchev–Trinajstić information content (AvgIpc) is 2.16. The van der Waals surface area contributed by atoms with Gasteiger partial charge in [0.15, 0.2) is 0 Å². The summed E-state index contributed by atoms with van der Waals surface area (Å²) in [4.78, 5) is 4.72. The van der Waals surface area contributed by atoms with Crippen molar-refractivity contribution in [1.82, 2.24) is 9.80 Å². The standard InChI is InChI=1S/C10H22N2O/c1-3-4-5-12-7-6-11(2)8-10(12)9-13/h10,13H,3-9H2,1-2H3. The molecule has 0 saturated carbocycles. The van der Waals surface area contributed by atoms with Gasteiger partial charge in [0.25, 0.3) is 0 Å². The zero-order valence-corrected chi connectivity index (χ0v) is 8.87. The molecular formula is C10H22N2O. The second-order valence-corrected chi connectivity index (χ2v) is 3.99. The van der Waals surface area contributed by atoms with Crippen LogP contribution in [0.15, 0.2) is 0 Å². The summed E-state index contributed by atoms with van der Waals surface area (Å²) in [6, 6.07) is 0.366. The van der Waals surface area contributed by atoms with Gasteiger partial charge in [-0.05, 0) is 20.0 Å². The fourth-order valence-electron chi connectivity index (χ4n) is 1.88. The first-order chi connectivity index (χ1) is 6.27. The van der Waals surface area contributed by atoms with Crippen molar-refractivity contribution in [2.45, 2.75) is 25.8 Å². The van der Waals surface area contributed by atoms with Crippen LogP contribution in [0.2, 0.25) is 0 Å². The van der Waals surface area contributed by atoms with Gasteiger partial charge in [-0.2, -0.15) is 0 Å². The molecule has 1 rings (SSSR count). The van der Waals surface area contributed by atoms with Crippen LogP contribution in [0.4, 0.5) is 0 Å². The lowest BCUT2D eigenvalue weighted by molar-refractivity contribution is 0.0504. The Bertz CT molecular complexity index is 139. The summed E-state index contributed by atoms with van der Waals surface area (Å²) in [5.74, 6) is 0. The molecule has 0 bridgehead atoms. The van der Waals surface area contributed by atoms with Gasteiger partial charge in [0, 0.05) is 25.7 Å². The van der Waals surface area contributed by atoms with E-state index in [1.54, 1.807) is 0 Å². The van der Waals surface area contributed by atoms with Crippen LogP contribution in [0.3, 0.4) is 0 Å². The molecule has 0 aromatic carbocycles. The lowest BCUT2D eigenvalue weighted by Gasteiger charge is -2.39. The highest BCUT2D eigenvalue weighted by Crippen LogP contribution is 2.08. The van der Waals surface area contributed by atoms with Crippen molar-refractivity contribution in [2.75, 3.05) is 39.8 Å². The van der Waals surface area contributed by atoms with E-state index in [9.17, 15) is 5.11 Å². The predicted molar refractivity (Wildman–Crippen MR) is 54.9 cm³/mol. The molecule has 0 radical (unpaired) electrons. The van der Waals surface area contributed by atoms with Crippen LogP contribution in [0, 0.1) is 0 Å². The third-order valence-corrected chi connectivity index (χ3v) is 2.82. The maximum Gasteiger partial charge on any atom is 0.0599 e. The van der Waals surface area contributed by atoms with Crippen molar-refractivity contribution in [1.29, 1.82) is 0 Å². The van der Waals surface area contributed by atoms with Crippen LogP contribution in [-0.2, 0) is 0 Å². The van der Waals surface area contributed by atoms with Gasteiger partial charge in [0.1, 0.15) is 0 Å². The maximum atomic E-state index is 9.21. The van der Waals surface area contributed by atoms with E-state index >= 15 is 0 Å². The Morgan fingerprint density at radius 1 is 1.38 bits per heavy atom. The Kier molecular flexibility index (Phi) is 4.70. The number of rotatable bonds is 4. The fourth-order valence-corrected chi connectivity index (χ4v) is 1.88. The average molecular weight is 186 g/mol. The number of piperazine rings is 1. The molecule has 0 aromatic rings. The Morgan fingerprint density at radius 3 is 2.77 bits per heavy atom. The molecule has 0 spiro atoms. The van der Waals surface area contributed by atoms with Crippen LogP contribution in [-0.4, -0.2) is 60.8 Å². The highest BCUT2D eigenvalue weighted by Gasteiger charge is 2.23. The zero-order chi connectivity index (χ0) is 9.68. The highest BCUT2D eigenvalue weighted by atomic mass is 16.3. The minimum atomic E-state index is 0.300.